The van der Waals surface area contributed by atoms with Crippen LogP contribution in [0.2, 0.25) is 5.15 Å². The lowest BCUT2D eigenvalue weighted by atomic mass is 10.1. The fourth-order valence-corrected chi connectivity index (χ4v) is 5.16. The summed E-state index contributed by atoms with van der Waals surface area (Å²) in [6, 6.07) is 8.21. The summed E-state index contributed by atoms with van der Waals surface area (Å²) in [5, 5.41) is 4.48. The van der Waals surface area contributed by atoms with Crippen molar-refractivity contribution >= 4 is 43.3 Å². The van der Waals surface area contributed by atoms with Gasteiger partial charge in [0, 0.05) is 16.6 Å². The van der Waals surface area contributed by atoms with Crippen LogP contribution in [0.25, 0.3) is 16.9 Å². The molecule has 1 aliphatic heterocycles. The number of nitrogens with zero attached hydrogens (tertiary/aromatic N) is 4. The highest BCUT2D eigenvalue weighted by Gasteiger charge is 2.33. The SMILES string of the molecule is O=C(c1cc(-c2cc(Br)cc(OC(F)(F)F)c2)n(-c2ccc(Cl)nc2)n1)N1CCS(=O)(=O)C1. The zero-order valence-corrected chi connectivity index (χ0v) is 19.5. The summed E-state index contributed by atoms with van der Waals surface area (Å²) in [6.07, 6.45) is -3.53. The monoisotopic (exact) mass is 564 g/mol. The van der Waals surface area contributed by atoms with Gasteiger partial charge in [-0.15, -0.1) is 13.2 Å². The van der Waals surface area contributed by atoms with Crippen LogP contribution in [0.15, 0.2) is 47.1 Å². The third-order valence-corrected chi connectivity index (χ3v) is 6.79. The third-order valence-electron chi connectivity index (χ3n) is 4.60. The predicted molar refractivity (Wildman–Crippen MR) is 116 cm³/mol. The highest BCUT2D eigenvalue weighted by Crippen LogP contribution is 2.33. The van der Waals surface area contributed by atoms with Crippen molar-refractivity contribution in [1.29, 1.82) is 0 Å². The zero-order chi connectivity index (χ0) is 24.0. The van der Waals surface area contributed by atoms with E-state index in [0.29, 0.717) is 10.2 Å². The first kappa shape index (κ1) is 23.5. The Balaban J connectivity index is 1.81. The molecule has 0 N–H and O–H groups in total. The van der Waals surface area contributed by atoms with Gasteiger partial charge < -0.3 is 9.64 Å². The number of rotatable bonds is 4. The summed E-state index contributed by atoms with van der Waals surface area (Å²) in [5.41, 5.74) is 0.785. The maximum absolute atomic E-state index is 12.9. The molecule has 1 amide bonds. The van der Waals surface area contributed by atoms with E-state index < -0.39 is 33.7 Å². The van der Waals surface area contributed by atoms with E-state index >= 15 is 0 Å². The lowest BCUT2D eigenvalue weighted by Crippen LogP contribution is -2.29. The van der Waals surface area contributed by atoms with Crippen molar-refractivity contribution in [3.05, 3.63) is 57.9 Å². The summed E-state index contributed by atoms with van der Waals surface area (Å²) in [6.45, 7) is 0.0202. The van der Waals surface area contributed by atoms with Gasteiger partial charge in [-0.3, -0.25) is 4.79 Å². The van der Waals surface area contributed by atoms with Crippen LogP contribution in [0, 0.1) is 0 Å². The number of sulfone groups is 1. The standard InChI is InChI=1S/C19H13BrClF3N4O4S/c20-12-5-11(6-14(7-12)32-19(22,23)24)16-8-15(18(29)27-3-4-33(30,31)10-27)26-28(16)13-1-2-17(21)25-9-13/h1-2,5-9H,3-4,10H2. The van der Waals surface area contributed by atoms with Gasteiger partial charge in [0.15, 0.2) is 15.5 Å². The molecule has 1 aliphatic rings. The molecule has 0 spiro atoms. The smallest absolute Gasteiger partial charge is 0.406 e. The van der Waals surface area contributed by atoms with Crippen LogP contribution in [-0.2, 0) is 9.84 Å². The van der Waals surface area contributed by atoms with Gasteiger partial charge in [0.25, 0.3) is 5.91 Å². The molecule has 33 heavy (non-hydrogen) atoms. The second kappa shape index (κ2) is 8.61. The lowest BCUT2D eigenvalue weighted by Gasteiger charge is -2.12. The Morgan fingerprint density at radius 2 is 1.94 bits per heavy atom. The van der Waals surface area contributed by atoms with Crippen molar-refractivity contribution in [3.8, 4) is 22.7 Å². The Morgan fingerprint density at radius 1 is 1.18 bits per heavy atom. The molecule has 1 saturated heterocycles. The first-order valence-electron chi connectivity index (χ1n) is 9.19. The Kier molecular flexibility index (Phi) is 6.14. The number of halogens is 5. The third kappa shape index (κ3) is 5.47. The van der Waals surface area contributed by atoms with Crippen molar-refractivity contribution < 1.29 is 31.1 Å². The van der Waals surface area contributed by atoms with Crippen molar-refractivity contribution in [3.63, 3.8) is 0 Å². The van der Waals surface area contributed by atoms with Crippen LogP contribution in [0.5, 0.6) is 5.75 Å². The summed E-state index contributed by atoms with van der Waals surface area (Å²) < 4.78 is 67.4. The highest BCUT2D eigenvalue weighted by atomic mass is 79.9. The number of alkyl halides is 3. The van der Waals surface area contributed by atoms with Gasteiger partial charge in [-0.25, -0.2) is 18.1 Å². The van der Waals surface area contributed by atoms with E-state index in [9.17, 15) is 26.4 Å². The maximum atomic E-state index is 12.9. The number of ether oxygens (including phenoxy) is 1. The van der Waals surface area contributed by atoms with Crippen molar-refractivity contribution in [2.45, 2.75) is 6.36 Å². The summed E-state index contributed by atoms with van der Waals surface area (Å²) in [5.74, 6) is -1.69. The fourth-order valence-electron chi connectivity index (χ4n) is 3.22. The zero-order valence-electron chi connectivity index (χ0n) is 16.4. The molecule has 0 atom stereocenters. The number of carbonyl (C=O) groups is 1. The van der Waals surface area contributed by atoms with Crippen molar-refractivity contribution in [2.24, 2.45) is 0 Å². The van der Waals surface area contributed by atoms with E-state index in [4.69, 9.17) is 11.6 Å². The van der Waals surface area contributed by atoms with Crippen LogP contribution in [0.1, 0.15) is 10.5 Å². The van der Waals surface area contributed by atoms with E-state index in [1.165, 1.54) is 29.1 Å². The quantitative estimate of drug-likeness (QED) is 0.443. The topological polar surface area (TPSA) is 94.4 Å². The van der Waals surface area contributed by atoms with E-state index in [1.807, 2.05) is 0 Å². The minimum Gasteiger partial charge on any atom is -0.406 e. The van der Waals surface area contributed by atoms with Gasteiger partial charge in [0.1, 0.15) is 16.8 Å². The van der Waals surface area contributed by atoms with Gasteiger partial charge in [0.05, 0.1) is 23.3 Å². The highest BCUT2D eigenvalue weighted by molar-refractivity contribution is 9.10. The maximum Gasteiger partial charge on any atom is 0.573 e. The molecule has 0 aliphatic carbocycles. The minimum atomic E-state index is -4.90. The number of aromatic nitrogens is 3. The number of benzene rings is 1. The summed E-state index contributed by atoms with van der Waals surface area (Å²) in [4.78, 5) is 18.0. The number of carbonyl (C=O) groups excluding carboxylic acids is 1. The van der Waals surface area contributed by atoms with E-state index in [0.717, 1.165) is 17.0 Å². The molecule has 1 aromatic carbocycles. The lowest BCUT2D eigenvalue weighted by molar-refractivity contribution is -0.274. The molecular formula is C19H13BrClF3N4O4S. The van der Waals surface area contributed by atoms with Gasteiger partial charge >= 0.3 is 6.36 Å². The van der Waals surface area contributed by atoms with Crippen molar-refractivity contribution in [2.75, 3.05) is 18.2 Å². The molecule has 3 heterocycles. The summed E-state index contributed by atoms with van der Waals surface area (Å²) >= 11 is 9.00. The van der Waals surface area contributed by atoms with E-state index in [2.05, 4.69) is 30.7 Å². The molecule has 0 radical (unpaired) electrons. The molecule has 174 valence electrons. The Bertz CT molecular complexity index is 1330. The molecule has 0 bridgehead atoms. The number of pyridine rings is 1. The number of hydrogen-bond acceptors (Lipinski definition) is 6. The first-order chi connectivity index (χ1) is 15.4. The molecule has 2 aromatic heterocycles. The van der Waals surface area contributed by atoms with Crippen LogP contribution in [0.3, 0.4) is 0 Å². The van der Waals surface area contributed by atoms with Crippen LogP contribution < -0.4 is 4.74 Å². The van der Waals surface area contributed by atoms with Crippen molar-refractivity contribution in [1.82, 2.24) is 19.7 Å². The van der Waals surface area contributed by atoms with Crippen LogP contribution >= 0.6 is 27.5 Å². The average Bonchev–Trinajstić information content (AvgIpc) is 3.30. The molecule has 3 aromatic rings. The summed E-state index contributed by atoms with van der Waals surface area (Å²) in [7, 11) is -3.37. The Morgan fingerprint density at radius 3 is 2.55 bits per heavy atom. The molecule has 1 fully saturated rings. The molecule has 0 saturated carbocycles. The predicted octanol–water partition coefficient (Wildman–Crippen LogP) is 4.08. The number of hydrogen-bond donors (Lipinski definition) is 0. The minimum absolute atomic E-state index is 0.0202. The van der Waals surface area contributed by atoms with Gasteiger partial charge in [-0.1, -0.05) is 27.5 Å². The van der Waals surface area contributed by atoms with Gasteiger partial charge in [-0.2, -0.15) is 5.10 Å². The van der Waals surface area contributed by atoms with E-state index in [-0.39, 0.29) is 34.4 Å². The molecule has 14 heteroatoms. The normalized spacial score (nSPS) is 15.6. The van der Waals surface area contributed by atoms with Gasteiger partial charge in [0.2, 0.25) is 0 Å². The van der Waals surface area contributed by atoms with Crippen LogP contribution in [-0.4, -0.2) is 58.5 Å². The van der Waals surface area contributed by atoms with E-state index in [1.54, 1.807) is 6.07 Å². The van der Waals surface area contributed by atoms with Crippen LogP contribution in [0.4, 0.5) is 13.2 Å². The van der Waals surface area contributed by atoms with Gasteiger partial charge in [-0.05, 0) is 36.4 Å². The first-order valence-corrected chi connectivity index (χ1v) is 12.2. The molecule has 8 nitrogen and oxygen atoms in total. The molecule has 0 unspecified atom stereocenters. The fraction of sp³-hybridized carbons (Fsp3) is 0.211. The number of amides is 1. The molecular weight excluding hydrogens is 553 g/mol. The Hall–Kier alpha value is -2.64. The molecule has 4 rings (SSSR count). The largest absolute Gasteiger partial charge is 0.573 e. The Labute approximate surface area is 199 Å². The second-order valence-corrected chi connectivity index (χ2v) is 10.5. The second-order valence-electron chi connectivity index (χ2n) is 7.03. The average molecular weight is 566 g/mol.